The van der Waals surface area contributed by atoms with Gasteiger partial charge < -0.3 is 5.11 Å². The molecule has 0 atom stereocenters. The van der Waals surface area contributed by atoms with Crippen LogP contribution in [-0.4, -0.2) is 19.5 Å². The van der Waals surface area contributed by atoms with Crippen LogP contribution < -0.4 is 5.14 Å². The van der Waals surface area contributed by atoms with E-state index in [0.717, 1.165) is 5.56 Å². The molecule has 0 aromatic heterocycles. The molecular weight excluding hydrogens is 218 g/mol. The zero-order valence-corrected chi connectivity index (χ0v) is 8.91. The molecular formula is C9H11NO4S. The van der Waals surface area contributed by atoms with E-state index in [9.17, 15) is 13.2 Å². The van der Waals surface area contributed by atoms with Crippen LogP contribution in [0.1, 0.15) is 22.8 Å². The van der Waals surface area contributed by atoms with Crippen LogP contribution in [0.3, 0.4) is 0 Å². The summed E-state index contributed by atoms with van der Waals surface area (Å²) in [4.78, 5) is 10.4. The van der Waals surface area contributed by atoms with Crippen molar-refractivity contribution < 1.29 is 18.3 Å². The Labute approximate surface area is 87.6 Å². The Bertz CT molecular complexity index is 493. The summed E-state index contributed by atoms with van der Waals surface area (Å²) in [6.45, 7) is 1.84. The molecule has 3 N–H and O–H groups in total. The summed E-state index contributed by atoms with van der Waals surface area (Å²) in [6.07, 6.45) is 0.614. The molecule has 0 bridgehead atoms. The molecule has 0 fully saturated rings. The molecule has 0 saturated heterocycles. The van der Waals surface area contributed by atoms with Crippen LogP contribution in [0.2, 0.25) is 0 Å². The molecule has 1 aromatic carbocycles. The van der Waals surface area contributed by atoms with E-state index < -0.39 is 16.0 Å². The molecule has 1 aromatic rings. The minimum absolute atomic E-state index is 0.297. The van der Waals surface area contributed by atoms with Crippen molar-refractivity contribution in [2.75, 3.05) is 0 Å². The van der Waals surface area contributed by atoms with E-state index in [1.165, 1.54) is 12.1 Å². The van der Waals surface area contributed by atoms with Crippen molar-refractivity contribution in [3.05, 3.63) is 29.3 Å². The second-order valence-corrected chi connectivity index (χ2v) is 4.56. The molecule has 0 aliphatic heterocycles. The number of primary sulfonamides is 1. The average Bonchev–Trinajstić information content (AvgIpc) is 2.15. The summed E-state index contributed by atoms with van der Waals surface area (Å²) < 4.78 is 22.3. The first-order valence-electron chi connectivity index (χ1n) is 4.25. The van der Waals surface area contributed by atoms with E-state index in [2.05, 4.69) is 0 Å². The summed E-state index contributed by atoms with van der Waals surface area (Å²) in [5.41, 5.74) is 0.429. The Morgan fingerprint density at radius 2 is 2.07 bits per heavy atom. The van der Waals surface area contributed by atoms with Crippen molar-refractivity contribution in [1.29, 1.82) is 0 Å². The normalized spacial score (nSPS) is 11.3. The largest absolute Gasteiger partial charge is 0.478 e. The van der Waals surface area contributed by atoms with E-state index in [1.54, 1.807) is 6.07 Å². The average molecular weight is 229 g/mol. The van der Waals surface area contributed by atoms with Crippen molar-refractivity contribution in [1.82, 2.24) is 0 Å². The van der Waals surface area contributed by atoms with Crippen LogP contribution in [0.5, 0.6) is 0 Å². The van der Waals surface area contributed by atoms with Gasteiger partial charge in [-0.15, -0.1) is 0 Å². The maximum absolute atomic E-state index is 11.1. The molecule has 0 saturated carbocycles. The van der Waals surface area contributed by atoms with Gasteiger partial charge in [0.25, 0.3) is 0 Å². The van der Waals surface area contributed by atoms with Crippen molar-refractivity contribution in [3.8, 4) is 0 Å². The lowest BCUT2D eigenvalue weighted by Gasteiger charge is -2.05. The molecule has 0 radical (unpaired) electrons. The fourth-order valence-electron chi connectivity index (χ4n) is 1.20. The fourth-order valence-corrected chi connectivity index (χ4v) is 1.98. The number of aryl methyl sites for hydroxylation is 1. The van der Waals surface area contributed by atoms with E-state index >= 15 is 0 Å². The Hall–Kier alpha value is -1.40. The van der Waals surface area contributed by atoms with Gasteiger partial charge in [-0.05, 0) is 24.1 Å². The fraction of sp³-hybridized carbons (Fsp3) is 0.222. The number of rotatable bonds is 3. The van der Waals surface area contributed by atoms with Crippen LogP contribution in [-0.2, 0) is 16.4 Å². The number of carboxylic acids is 1. The Morgan fingerprint density at radius 1 is 1.47 bits per heavy atom. The smallest absolute Gasteiger partial charge is 0.337 e. The molecule has 82 valence electrons. The summed E-state index contributed by atoms with van der Waals surface area (Å²) in [5.74, 6) is -1.30. The summed E-state index contributed by atoms with van der Waals surface area (Å²) in [6, 6.07) is 4.11. The number of sulfonamides is 1. The minimum Gasteiger partial charge on any atom is -0.478 e. The SMILES string of the molecule is CCc1ccc(C(=O)O)c(S(N)(=O)=O)c1. The zero-order valence-electron chi connectivity index (χ0n) is 8.10. The Balaban J connectivity index is 3.50. The number of aromatic carboxylic acids is 1. The number of nitrogens with two attached hydrogens (primary N) is 1. The molecule has 0 aliphatic rings. The first kappa shape index (κ1) is 11.7. The number of benzene rings is 1. The standard InChI is InChI=1S/C9H11NO4S/c1-2-6-3-4-7(9(11)12)8(5-6)15(10,13)14/h3-5H,2H2,1H3,(H,11,12)(H2,10,13,14). The maximum Gasteiger partial charge on any atom is 0.337 e. The molecule has 15 heavy (non-hydrogen) atoms. The summed E-state index contributed by atoms with van der Waals surface area (Å²) in [7, 11) is -3.99. The topological polar surface area (TPSA) is 97.5 Å². The van der Waals surface area contributed by atoms with Gasteiger partial charge in [-0.3, -0.25) is 0 Å². The van der Waals surface area contributed by atoms with Gasteiger partial charge in [0.15, 0.2) is 0 Å². The second-order valence-electron chi connectivity index (χ2n) is 3.03. The predicted octanol–water partition coefficient (Wildman–Crippen LogP) is 0.595. The third-order valence-electron chi connectivity index (χ3n) is 1.99. The van der Waals surface area contributed by atoms with Gasteiger partial charge in [-0.25, -0.2) is 18.4 Å². The van der Waals surface area contributed by atoms with Crippen molar-refractivity contribution >= 4 is 16.0 Å². The van der Waals surface area contributed by atoms with Crippen LogP contribution in [0.15, 0.2) is 23.1 Å². The van der Waals surface area contributed by atoms with E-state index in [-0.39, 0.29) is 10.5 Å². The molecule has 1 rings (SSSR count). The molecule has 0 amide bonds. The highest BCUT2D eigenvalue weighted by atomic mass is 32.2. The van der Waals surface area contributed by atoms with Crippen molar-refractivity contribution in [3.63, 3.8) is 0 Å². The van der Waals surface area contributed by atoms with Crippen LogP contribution >= 0.6 is 0 Å². The van der Waals surface area contributed by atoms with E-state index in [1.807, 2.05) is 6.92 Å². The highest BCUT2D eigenvalue weighted by Gasteiger charge is 2.18. The maximum atomic E-state index is 11.1. The lowest BCUT2D eigenvalue weighted by molar-refractivity contribution is 0.0692. The van der Waals surface area contributed by atoms with Gasteiger partial charge in [0.2, 0.25) is 10.0 Å². The van der Waals surface area contributed by atoms with E-state index in [4.69, 9.17) is 10.2 Å². The molecule has 6 heteroatoms. The lowest BCUT2D eigenvalue weighted by atomic mass is 10.1. The zero-order chi connectivity index (χ0) is 11.6. The first-order valence-corrected chi connectivity index (χ1v) is 5.80. The summed E-state index contributed by atoms with van der Waals surface area (Å²) >= 11 is 0. The first-order chi connectivity index (χ1) is 6.86. The Morgan fingerprint density at radius 3 is 2.47 bits per heavy atom. The third kappa shape index (κ3) is 2.54. The van der Waals surface area contributed by atoms with Crippen LogP contribution in [0.25, 0.3) is 0 Å². The third-order valence-corrected chi connectivity index (χ3v) is 2.94. The number of carboxylic acid groups (broad SMARTS) is 1. The van der Waals surface area contributed by atoms with Gasteiger partial charge in [-0.2, -0.15) is 0 Å². The quantitative estimate of drug-likeness (QED) is 0.792. The number of hydrogen-bond acceptors (Lipinski definition) is 3. The summed E-state index contributed by atoms with van der Waals surface area (Å²) in [5, 5.41) is 13.7. The lowest BCUT2D eigenvalue weighted by Crippen LogP contribution is -2.17. The Kier molecular flexibility index (Phi) is 3.11. The molecule has 5 nitrogen and oxygen atoms in total. The van der Waals surface area contributed by atoms with Gasteiger partial charge in [0, 0.05) is 0 Å². The number of hydrogen-bond donors (Lipinski definition) is 2. The van der Waals surface area contributed by atoms with Crippen molar-refractivity contribution in [2.45, 2.75) is 18.2 Å². The molecule has 0 unspecified atom stereocenters. The predicted molar refractivity (Wildman–Crippen MR) is 54.2 cm³/mol. The minimum atomic E-state index is -3.99. The second kappa shape index (κ2) is 4.00. The number of carbonyl (C=O) groups is 1. The highest BCUT2D eigenvalue weighted by Crippen LogP contribution is 2.16. The van der Waals surface area contributed by atoms with E-state index in [0.29, 0.717) is 6.42 Å². The van der Waals surface area contributed by atoms with Gasteiger partial charge in [0.05, 0.1) is 10.5 Å². The van der Waals surface area contributed by atoms with Gasteiger partial charge >= 0.3 is 5.97 Å². The molecule has 0 aliphatic carbocycles. The van der Waals surface area contributed by atoms with Crippen LogP contribution in [0, 0.1) is 0 Å². The monoisotopic (exact) mass is 229 g/mol. The highest BCUT2D eigenvalue weighted by molar-refractivity contribution is 7.89. The van der Waals surface area contributed by atoms with Crippen molar-refractivity contribution in [2.24, 2.45) is 5.14 Å². The molecule has 0 heterocycles. The molecule has 0 spiro atoms. The van der Waals surface area contributed by atoms with Crippen LogP contribution in [0.4, 0.5) is 0 Å². The van der Waals surface area contributed by atoms with Gasteiger partial charge in [0.1, 0.15) is 0 Å². The van der Waals surface area contributed by atoms with Gasteiger partial charge in [-0.1, -0.05) is 13.0 Å².